The molecule has 2 nitrogen and oxygen atoms in total. The van der Waals surface area contributed by atoms with Gasteiger partial charge in [-0.1, -0.05) is 0 Å². The first kappa shape index (κ1) is 14.5. The van der Waals surface area contributed by atoms with Crippen LogP contribution in [0.15, 0.2) is 0 Å². The number of rotatable bonds is 5. The molecule has 0 aliphatic heterocycles. The molecule has 0 amide bonds. The van der Waals surface area contributed by atoms with Crippen molar-refractivity contribution in [2.75, 3.05) is 20.8 Å². The van der Waals surface area contributed by atoms with E-state index < -0.39 is 31.0 Å². The molecule has 0 aromatic rings. The number of hydrogen-bond donors (Lipinski definition) is 0. The van der Waals surface area contributed by atoms with Crippen LogP contribution in [-0.4, -0.2) is 45.2 Å². The third-order valence-electron chi connectivity index (χ3n) is 1.66. The predicted molar refractivity (Wildman–Crippen MR) is 38.6 cm³/mol. The highest BCUT2D eigenvalue weighted by atomic mass is 19.4. The molecule has 0 rings (SSSR count). The highest BCUT2D eigenvalue weighted by Gasteiger charge is 2.60. The van der Waals surface area contributed by atoms with Crippen LogP contribution in [0.1, 0.15) is 0 Å². The molecule has 0 bridgehead atoms. The van der Waals surface area contributed by atoms with Crippen LogP contribution in [0.5, 0.6) is 0 Å². The zero-order chi connectivity index (χ0) is 12.3. The molecule has 0 N–H and O–H groups in total. The fraction of sp³-hybridized carbons (Fsp3) is 1.00. The summed E-state index contributed by atoms with van der Waals surface area (Å²) >= 11 is 0. The van der Waals surface area contributed by atoms with Gasteiger partial charge in [-0.25, -0.2) is 4.39 Å². The van der Waals surface area contributed by atoms with Crippen molar-refractivity contribution in [1.82, 2.24) is 0 Å². The fourth-order valence-corrected chi connectivity index (χ4v) is 0.869. The van der Waals surface area contributed by atoms with Gasteiger partial charge in [0.25, 0.3) is 6.17 Å². The van der Waals surface area contributed by atoms with Crippen LogP contribution in [-0.2, 0) is 9.47 Å². The van der Waals surface area contributed by atoms with Gasteiger partial charge in [0.2, 0.25) is 0 Å². The van der Waals surface area contributed by atoms with Crippen molar-refractivity contribution in [3.63, 3.8) is 0 Å². The standard InChI is InChI=1S/C7H10F6O2/c1-14-3-4(15-2)6(9,10)5(8)7(11,12)13/h4-5H,3H2,1-2H3. The SMILES string of the molecule is COCC(OC)C(F)(F)C(F)C(F)(F)F. The van der Waals surface area contributed by atoms with Crippen LogP contribution in [0.3, 0.4) is 0 Å². The molecule has 0 radical (unpaired) electrons. The highest BCUT2D eigenvalue weighted by molar-refractivity contribution is 4.89. The van der Waals surface area contributed by atoms with Crippen molar-refractivity contribution >= 4 is 0 Å². The minimum Gasteiger partial charge on any atom is -0.382 e. The maximum Gasteiger partial charge on any atom is 0.425 e. The van der Waals surface area contributed by atoms with Crippen molar-refractivity contribution in [1.29, 1.82) is 0 Å². The van der Waals surface area contributed by atoms with E-state index in [0.29, 0.717) is 0 Å². The van der Waals surface area contributed by atoms with Gasteiger partial charge in [-0.05, 0) is 0 Å². The second-order valence-corrected chi connectivity index (χ2v) is 2.76. The topological polar surface area (TPSA) is 18.5 Å². The van der Waals surface area contributed by atoms with E-state index in [4.69, 9.17) is 0 Å². The molecule has 0 aromatic carbocycles. The first-order chi connectivity index (χ1) is 6.67. The molecule has 92 valence electrons. The zero-order valence-corrected chi connectivity index (χ0v) is 7.95. The normalized spacial score (nSPS) is 17.6. The van der Waals surface area contributed by atoms with E-state index >= 15 is 0 Å². The molecule has 0 saturated carbocycles. The predicted octanol–water partition coefficient (Wildman–Crippen LogP) is 2.18. The Morgan fingerprint density at radius 2 is 1.53 bits per heavy atom. The van der Waals surface area contributed by atoms with E-state index in [1.165, 1.54) is 0 Å². The first-order valence-corrected chi connectivity index (χ1v) is 3.78. The smallest absolute Gasteiger partial charge is 0.382 e. The highest BCUT2D eigenvalue weighted by Crippen LogP contribution is 2.37. The van der Waals surface area contributed by atoms with Crippen molar-refractivity contribution in [2.45, 2.75) is 24.4 Å². The Labute approximate surface area is 82.1 Å². The number of methoxy groups -OCH3 is 2. The van der Waals surface area contributed by atoms with Crippen molar-refractivity contribution < 1.29 is 35.8 Å². The van der Waals surface area contributed by atoms with E-state index in [1.807, 2.05) is 0 Å². The van der Waals surface area contributed by atoms with Gasteiger partial charge in [-0.3, -0.25) is 0 Å². The second kappa shape index (κ2) is 5.02. The Morgan fingerprint density at radius 1 is 1.07 bits per heavy atom. The second-order valence-electron chi connectivity index (χ2n) is 2.76. The summed E-state index contributed by atoms with van der Waals surface area (Å²) in [4.78, 5) is 0. The van der Waals surface area contributed by atoms with Crippen molar-refractivity contribution in [3.8, 4) is 0 Å². The minimum atomic E-state index is -5.63. The monoisotopic (exact) mass is 240 g/mol. The average Bonchev–Trinajstić information content (AvgIpc) is 2.11. The summed E-state index contributed by atoms with van der Waals surface area (Å²) in [5.41, 5.74) is 0. The molecular weight excluding hydrogens is 230 g/mol. The lowest BCUT2D eigenvalue weighted by Gasteiger charge is -2.28. The summed E-state index contributed by atoms with van der Waals surface area (Å²) < 4.78 is 81.6. The molecule has 2 atom stereocenters. The minimum absolute atomic E-state index is 0.751. The molecule has 0 aromatic heterocycles. The number of halogens is 6. The van der Waals surface area contributed by atoms with Crippen LogP contribution in [0.2, 0.25) is 0 Å². The lowest BCUT2D eigenvalue weighted by molar-refractivity contribution is -0.274. The van der Waals surface area contributed by atoms with Crippen LogP contribution in [0, 0.1) is 0 Å². The Kier molecular flexibility index (Phi) is 4.85. The van der Waals surface area contributed by atoms with E-state index in [1.54, 1.807) is 0 Å². The van der Waals surface area contributed by atoms with E-state index in [2.05, 4.69) is 9.47 Å². The quantitative estimate of drug-likeness (QED) is 0.686. The summed E-state index contributed by atoms with van der Waals surface area (Å²) in [5.74, 6) is -4.68. The largest absolute Gasteiger partial charge is 0.425 e. The Hall–Kier alpha value is -0.500. The molecule has 0 heterocycles. The molecule has 0 aliphatic carbocycles. The molecule has 0 saturated heterocycles. The maximum atomic E-state index is 12.9. The Balaban J connectivity index is 4.76. The van der Waals surface area contributed by atoms with Gasteiger partial charge in [0, 0.05) is 14.2 Å². The maximum absolute atomic E-state index is 12.9. The van der Waals surface area contributed by atoms with Gasteiger partial charge in [0.1, 0.15) is 6.10 Å². The van der Waals surface area contributed by atoms with Gasteiger partial charge >= 0.3 is 12.1 Å². The lowest BCUT2D eigenvalue weighted by atomic mass is 10.1. The van der Waals surface area contributed by atoms with E-state index in [0.717, 1.165) is 14.2 Å². The van der Waals surface area contributed by atoms with Crippen LogP contribution < -0.4 is 0 Å². The molecule has 2 unspecified atom stereocenters. The molecule has 8 heteroatoms. The van der Waals surface area contributed by atoms with Gasteiger partial charge < -0.3 is 9.47 Å². The summed E-state index contributed by atoms with van der Waals surface area (Å²) in [6.07, 6.45) is -12.2. The first-order valence-electron chi connectivity index (χ1n) is 3.78. The third-order valence-corrected chi connectivity index (χ3v) is 1.66. The number of alkyl halides is 6. The van der Waals surface area contributed by atoms with Crippen LogP contribution in [0.25, 0.3) is 0 Å². The molecule has 0 spiro atoms. The van der Waals surface area contributed by atoms with Crippen LogP contribution >= 0.6 is 0 Å². The average molecular weight is 240 g/mol. The number of hydrogen-bond acceptors (Lipinski definition) is 2. The van der Waals surface area contributed by atoms with Crippen molar-refractivity contribution in [2.24, 2.45) is 0 Å². The summed E-state index contributed by atoms with van der Waals surface area (Å²) in [7, 11) is 1.74. The lowest BCUT2D eigenvalue weighted by Crippen LogP contribution is -2.51. The molecule has 0 aliphatic rings. The Bertz CT molecular complexity index is 192. The van der Waals surface area contributed by atoms with Gasteiger partial charge in [-0.15, -0.1) is 0 Å². The third kappa shape index (κ3) is 3.53. The van der Waals surface area contributed by atoms with Crippen molar-refractivity contribution in [3.05, 3.63) is 0 Å². The fourth-order valence-electron chi connectivity index (χ4n) is 0.869. The van der Waals surface area contributed by atoms with E-state index in [-0.39, 0.29) is 0 Å². The summed E-state index contributed by atoms with van der Waals surface area (Å²) in [6, 6.07) is 0. The zero-order valence-electron chi connectivity index (χ0n) is 7.95. The van der Waals surface area contributed by atoms with Gasteiger partial charge in [-0.2, -0.15) is 22.0 Å². The van der Waals surface area contributed by atoms with Gasteiger partial charge in [0.05, 0.1) is 6.61 Å². The molecule has 15 heavy (non-hydrogen) atoms. The molecular formula is C7H10F6O2. The number of ether oxygens (including phenoxy) is 2. The Morgan fingerprint density at radius 3 is 1.80 bits per heavy atom. The summed E-state index contributed by atoms with van der Waals surface area (Å²) in [6.45, 7) is -0.833. The summed E-state index contributed by atoms with van der Waals surface area (Å²) in [5, 5.41) is 0. The van der Waals surface area contributed by atoms with E-state index in [9.17, 15) is 26.3 Å². The van der Waals surface area contributed by atoms with Gasteiger partial charge in [0.15, 0.2) is 0 Å². The molecule has 0 fully saturated rings. The van der Waals surface area contributed by atoms with Crippen LogP contribution in [0.4, 0.5) is 26.3 Å².